The predicted octanol–water partition coefficient (Wildman–Crippen LogP) is 5.51. The van der Waals surface area contributed by atoms with Crippen molar-refractivity contribution in [2.45, 2.75) is 32.6 Å². The first kappa shape index (κ1) is 18.7. The van der Waals surface area contributed by atoms with Gasteiger partial charge in [-0.2, -0.15) is 5.26 Å². The van der Waals surface area contributed by atoms with Crippen LogP contribution >= 0.6 is 22.9 Å². The molecule has 1 aliphatic rings. The molecule has 28 heavy (non-hydrogen) atoms. The molecule has 3 aromatic rings. The van der Waals surface area contributed by atoms with Crippen molar-refractivity contribution in [2.75, 3.05) is 5.32 Å². The zero-order valence-corrected chi connectivity index (χ0v) is 16.5. The maximum atomic E-state index is 14.4. The van der Waals surface area contributed by atoms with Crippen molar-refractivity contribution >= 4 is 33.8 Å². The smallest absolute Gasteiger partial charge is 0.262 e. The molecule has 0 saturated carbocycles. The largest absolute Gasteiger partial charge is 0.360 e. The van der Waals surface area contributed by atoms with Gasteiger partial charge in [0.25, 0.3) is 5.91 Å². The summed E-state index contributed by atoms with van der Waals surface area (Å²) in [7, 11) is 0. The molecule has 0 spiro atoms. The number of thiophene rings is 1. The van der Waals surface area contributed by atoms with E-state index in [-0.39, 0.29) is 27.6 Å². The van der Waals surface area contributed by atoms with Crippen LogP contribution in [-0.2, 0) is 12.8 Å². The van der Waals surface area contributed by atoms with Crippen LogP contribution in [0.1, 0.15) is 45.0 Å². The van der Waals surface area contributed by atoms with E-state index in [2.05, 4.69) is 16.5 Å². The number of fused-ring (bicyclic) bond motifs is 1. The van der Waals surface area contributed by atoms with E-state index in [4.69, 9.17) is 16.1 Å². The molecule has 1 N–H and O–H groups in total. The van der Waals surface area contributed by atoms with Crippen LogP contribution < -0.4 is 5.32 Å². The third kappa shape index (κ3) is 3.09. The first-order chi connectivity index (χ1) is 13.5. The Morgan fingerprint density at radius 2 is 2.18 bits per heavy atom. The number of nitriles is 1. The van der Waals surface area contributed by atoms with Gasteiger partial charge in [-0.05, 0) is 50.3 Å². The molecule has 0 aliphatic heterocycles. The molecule has 0 atom stereocenters. The molecule has 8 heteroatoms. The molecule has 0 bridgehead atoms. The Hall–Kier alpha value is -2.69. The fourth-order valence-electron chi connectivity index (χ4n) is 3.47. The number of anilines is 1. The molecule has 0 saturated heterocycles. The lowest BCUT2D eigenvalue weighted by atomic mass is 9.96. The highest BCUT2D eigenvalue weighted by molar-refractivity contribution is 7.16. The Labute approximate surface area is 169 Å². The number of benzene rings is 1. The first-order valence-corrected chi connectivity index (χ1v) is 9.97. The molecule has 2 heterocycles. The van der Waals surface area contributed by atoms with E-state index in [1.54, 1.807) is 6.92 Å². The molecule has 0 fully saturated rings. The molecule has 0 radical (unpaired) electrons. The van der Waals surface area contributed by atoms with Crippen molar-refractivity contribution < 1.29 is 13.7 Å². The van der Waals surface area contributed by atoms with Crippen molar-refractivity contribution in [1.82, 2.24) is 5.16 Å². The van der Waals surface area contributed by atoms with E-state index in [1.165, 1.54) is 29.5 Å². The number of aromatic nitrogens is 1. The number of rotatable bonds is 3. The summed E-state index contributed by atoms with van der Waals surface area (Å²) in [6.07, 6.45) is 3.86. The minimum absolute atomic E-state index is 0.0112. The van der Waals surface area contributed by atoms with Gasteiger partial charge in [-0.25, -0.2) is 4.39 Å². The highest BCUT2D eigenvalue weighted by atomic mass is 35.5. The molecule has 0 unspecified atom stereocenters. The second-order valence-corrected chi connectivity index (χ2v) is 8.05. The van der Waals surface area contributed by atoms with E-state index >= 15 is 0 Å². The summed E-state index contributed by atoms with van der Waals surface area (Å²) in [6, 6.07) is 6.45. The lowest BCUT2D eigenvalue weighted by molar-refractivity contribution is 0.102. The zero-order chi connectivity index (χ0) is 19.8. The van der Waals surface area contributed by atoms with Crippen LogP contribution in [0, 0.1) is 24.1 Å². The number of amides is 1. The molecule has 2 aromatic heterocycles. The van der Waals surface area contributed by atoms with Gasteiger partial charge in [0.05, 0.1) is 16.1 Å². The number of nitrogens with one attached hydrogen (secondary N) is 1. The Balaban J connectivity index is 1.74. The monoisotopic (exact) mass is 415 g/mol. The summed E-state index contributed by atoms with van der Waals surface area (Å²) in [6.45, 7) is 1.57. The third-order valence-corrected chi connectivity index (χ3v) is 6.32. The van der Waals surface area contributed by atoms with E-state index in [9.17, 15) is 14.4 Å². The lowest BCUT2D eigenvalue weighted by Gasteiger charge is -2.09. The standard InChI is InChI=1S/C20H15ClFN3O2S/c1-10-16(18(25-27-10)17-13(21)6-4-7-14(17)22)19(26)24-20-12(9-23)11-5-2-3-8-15(11)28-20/h4,6-7H,2-3,5,8H2,1H3,(H,24,26). The van der Waals surface area contributed by atoms with Crippen LogP contribution in [0.2, 0.25) is 5.02 Å². The highest BCUT2D eigenvalue weighted by Gasteiger charge is 2.28. The fourth-order valence-corrected chi connectivity index (χ4v) is 4.96. The first-order valence-electron chi connectivity index (χ1n) is 8.78. The van der Waals surface area contributed by atoms with Gasteiger partial charge >= 0.3 is 0 Å². The van der Waals surface area contributed by atoms with Gasteiger partial charge in [0.1, 0.15) is 33.9 Å². The number of carbonyl (C=O) groups excluding carboxylic acids is 1. The minimum Gasteiger partial charge on any atom is -0.360 e. The lowest BCUT2D eigenvalue weighted by Crippen LogP contribution is -2.14. The van der Waals surface area contributed by atoms with Gasteiger partial charge in [0.2, 0.25) is 0 Å². The number of nitrogens with zero attached hydrogens (tertiary/aromatic N) is 2. The Bertz CT molecular complexity index is 1110. The summed E-state index contributed by atoms with van der Waals surface area (Å²) < 4.78 is 19.5. The van der Waals surface area contributed by atoms with Gasteiger partial charge in [-0.1, -0.05) is 22.8 Å². The number of carbonyl (C=O) groups is 1. The molecule has 142 valence electrons. The van der Waals surface area contributed by atoms with Crippen molar-refractivity contribution in [1.29, 1.82) is 5.26 Å². The van der Waals surface area contributed by atoms with Crippen LogP contribution in [0.3, 0.4) is 0 Å². The van der Waals surface area contributed by atoms with Crippen LogP contribution in [-0.4, -0.2) is 11.1 Å². The normalized spacial score (nSPS) is 13.1. The van der Waals surface area contributed by atoms with Gasteiger partial charge in [0.15, 0.2) is 0 Å². The maximum Gasteiger partial charge on any atom is 0.262 e. The summed E-state index contributed by atoms with van der Waals surface area (Å²) >= 11 is 7.55. The van der Waals surface area contributed by atoms with E-state index in [0.717, 1.165) is 36.1 Å². The van der Waals surface area contributed by atoms with Gasteiger partial charge < -0.3 is 9.84 Å². The van der Waals surface area contributed by atoms with E-state index in [1.807, 2.05) is 0 Å². The van der Waals surface area contributed by atoms with Crippen LogP contribution in [0.5, 0.6) is 0 Å². The average Bonchev–Trinajstić information content (AvgIpc) is 3.21. The maximum absolute atomic E-state index is 14.4. The number of halogens is 2. The SMILES string of the molecule is Cc1onc(-c2c(F)cccc2Cl)c1C(=O)Nc1sc2c(c1C#N)CCCC2. The topological polar surface area (TPSA) is 78.9 Å². The van der Waals surface area contributed by atoms with Crippen LogP contribution in [0.4, 0.5) is 9.39 Å². The third-order valence-electron chi connectivity index (χ3n) is 4.80. The summed E-state index contributed by atoms with van der Waals surface area (Å²) in [5.41, 5.74) is 1.68. The van der Waals surface area contributed by atoms with Gasteiger partial charge in [-0.3, -0.25) is 4.79 Å². The average molecular weight is 416 g/mol. The molecular weight excluding hydrogens is 401 g/mol. The van der Waals surface area contributed by atoms with Gasteiger partial charge in [0, 0.05) is 4.88 Å². The molecule has 4 rings (SSSR count). The summed E-state index contributed by atoms with van der Waals surface area (Å²) in [4.78, 5) is 14.2. The highest BCUT2D eigenvalue weighted by Crippen LogP contribution is 2.39. The predicted molar refractivity (Wildman–Crippen MR) is 105 cm³/mol. The van der Waals surface area contributed by atoms with E-state index in [0.29, 0.717) is 10.6 Å². The van der Waals surface area contributed by atoms with Crippen molar-refractivity contribution in [3.8, 4) is 17.3 Å². The second-order valence-electron chi connectivity index (χ2n) is 6.54. The number of aryl methyl sites for hydroxylation is 2. The Kier molecular flexibility index (Phi) is 4.92. The van der Waals surface area contributed by atoms with E-state index < -0.39 is 11.7 Å². The molecule has 1 aromatic carbocycles. The van der Waals surface area contributed by atoms with Crippen LogP contribution in [0.25, 0.3) is 11.3 Å². The fraction of sp³-hybridized carbons (Fsp3) is 0.250. The molecule has 1 aliphatic carbocycles. The zero-order valence-electron chi connectivity index (χ0n) is 14.9. The Morgan fingerprint density at radius 3 is 2.93 bits per heavy atom. The number of hydrogen-bond donors (Lipinski definition) is 1. The number of hydrogen-bond acceptors (Lipinski definition) is 5. The second kappa shape index (κ2) is 7.38. The van der Waals surface area contributed by atoms with Gasteiger partial charge in [-0.15, -0.1) is 11.3 Å². The van der Waals surface area contributed by atoms with Crippen LogP contribution in [0.15, 0.2) is 22.7 Å². The molecular formula is C20H15ClFN3O2S. The summed E-state index contributed by atoms with van der Waals surface area (Å²) in [5, 5.41) is 16.9. The molecule has 1 amide bonds. The quantitative estimate of drug-likeness (QED) is 0.612. The van der Waals surface area contributed by atoms with Crippen molar-refractivity contribution in [2.24, 2.45) is 0 Å². The summed E-state index contributed by atoms with van der Waals surface area (Å²) in [5.74, 6) is -0.867. The van der Waals surface area contributed by atoms with Crippen molar-refractivity contribution in [3.63, 3.8) is 0 Å². The Morgan fingerprint density at radius 1 is 1.39 bits per heavy atom. The minimum atomic E-state index is -0.598. The molecule has 5 nitrogen and oxygen atoms in total. The van der Waals surface area contributed by atoms with Crippen molar-refractivity contribution in [3.05, 3.63) is 56.4 Å².